The summed E-state index contributed by atoms with van der Waals surface area (Å²) in [6, 6.07) is 11.8. The van der Waals surface area contributed by atoms with Gasteiger partial charge in [-0.05, 0) is 55.7 Å². The van der Waals surface area contributed by atoms with Crippen LogP contribution in [0.5, 0.6) is 0 Å². The third kappa shape index (κ3) is 3.39. The minimum absolute atomic E-state index is 0.180. The van der Waals surface area contributed by atoms with Crippen molar-refractivity contribution in [3.05, 3.63) is 64.7 Å². The van der Waals surface area contributed by atoms with Gasteiger partial charge in [0.1, 0.15) is 5.75 Å². The number of carbonyl (C=O) groups excluding carboxylic acids is 1. The second-order valence-corrected chi connectivity index (χ2v) is 7.24. The Kier molecular flexibility index (Phi) is 4.28. The number of benzene rings is 2. The number of rotatable bonds is 4. The predicted octanol–water partition coefficient (Wildman–Crippen LogP) is 3.27. The molecule has 0 amide bonds. The molecule has 0 fully saturated rings. The number of hydrogen-bond donors (Lipinski definition) is 0. The predicted molar refractivity (Wildman–Crippen MR) is 83.5 cm³/mol. The van der Waals surface area contributed by atoms with Crippen LogP contribution in [0.4, 0.5) is 0 Å². The Morgan fingerprint density at radius 1 is 0.905 bits per heavy atom. The smallest absolute Gasteiger partial charge is 0.185 e. The normalized spacial score (nSPS) is 11.4. The number of Topliss-reactive ketones (excluding diaryl/α,β-unsaturated/α-hetero) is 1. The maximum absolute atomic E-state index is 12.3. The zero-order valence-electron chi connectivity index (χ0n) is 12.4. The maximum Gasteiger partial charge on any atom is 0.185 e. The van der Waals surface area contributed by atoms with Crippen LogP contribution in [0.15, 0.2) is 47.4 Å². The number of aryl methyl sites for hydroxylation is 3. The van der Waals surface area contributed by atoms with E-state index in [1.54, 1.807) is 24.3 Å². The molecule has 21 heavy (non-hydrogen) atoms. The van der Waals surface area contributed by atoms with Crippen LogP contribution in [0.25, 0.3) is 0 Å². The van der Waals surface area contributed by atoms with Gasteiger partial charge in [0.25, 0.3) is 0 Å². The van der Waals surface area contributed by atoms with Crippen LogP contribution in [0.2, 0.25) is 0 Å². The average Bonchev–Trinajstić information content (AvgIpc) is 2.43. The molecule has 0 saturated carbocycles. The number of carbonyl (C=O) groups is 1. The summed E-state index contributed by atoms with van der Waals surface area (Å²) in [5.74, 6) is -0.861. The van der Waals surface area contributed by atoms with Gasteiger partial charge in [0, 0.05) is 5.56 Å². The van der Waals surface area contributed by atoms with Gasteiger partial charge in [0.2, 0.25) is 0 Å². The number of ketones is 1. The van der Waals surface area contributed by atoms with Gasteiger partial charge in [-0.25, -0.2) is 8.42 Å². The summed E-state index contributed by atoms with van der Waals surface area (Å²) in [5.41, 5.74) is 3.37. The highest BCUT2D eigenvalue weighted by Gasteiger charge is 2.21. The molecule has 3 nitrogen and oxygen atoms in total. The molecule has 0 N–H and O–H groups in total. The zero-order chi connectivity index (χ0) is 15.6. The summed E-state index contributed by atoms with van der Waals surface area (Å²) in [6.07, 6.45) is 0. The van der Waals surface area contributed by atoms with Gasteiger partial charge in [-0.2, -0.15) is 0 Å². The van der Waals surface area contributed by atoms with Crippen LogP contribution in [0.3, 0.4) is 0 Å². The summed E-state index contributed by atoms with van der Waals surface area (Å²) in [7, 11) is -3.60. The fraction of sp³-hybridized carbons (Fsp3) is 0.235. The third-order valence-electron chi connectivity index (χ3n) is 3.56. The zero-order valence-corrected chi connectivity index (χ0v) is 13.2. The molecule has 2 aromatic carbocycles. The Balaban J connectivity index is 2.33. The first-order valence-corrected chi connectivity index (χ1v) is 8.35. The summed E-state index contributed by atoms with van der Waals surface area (Å²) in [5, 5.41) is 0. The Morgan fingerprint density at radius 3 is 2.10 bits per heavy atom. The van der Waals surface area contributed by atoms with E-state index in [2.05, 4.69) is 0 Å². The second-order valence-electron chi connectivity index (χ2n) is 5.25. The van der Waals surface area contributed by atoms with E-state index in [0.717, 1.165) is 16.7 Å². The monoisotopic (exact) mass is 302 g/mol. The lowest BCUT2D eigenvalue weighted by molar-refractivity contribution is 0.102. The molecule has 0 aliphatic carbocycles. The van der Waals surface area contributed by atoms with Crippen LogP contribution < -0.4 is 0 Å². The highest BCUT2D eigenvalue weighted by Crippen LogP contribution is 2.18. The van der Waals surface area contributed by atoms with Crippen LogP contribution in [-0.2, 0) is 9.84 Å². The molecule has 0 aliphatic heterocycles. The minimum atomic E-state index is -3.60. The molecule has 2 aromatic rings. The van der Waals surface area contributed by atoms with E-state index < -0.39 is 15.6 Å². The van der Waals surface area contributed by atoms with Crippen molar-refractivity contribution in [3.63, 3.8) is 0 Å². The first-order valence-electron chi connectivity index (χ1n) is 6.70. The first-order chi connectivity index (χ1) is 9.81. The van der Waals surface area contributed by atoms with E-state index in [4.69, 9.17) is 0 Å². The van der Waals surface area contributed by atoms with Crippen molar-refractivity contribution in [1.82, 2.24) is 0 Å². The molecule has 0 atom stereocenters. The van der Waals surface area contributed by atoms with Gasteiger partial charge in [0.15, 0.2) is 15.6 Å². The molecule has 0 unspecified atom stereocenters. The lowest BCUT2D eigenvalue weighted by atomic mass is 9.99. The first kappa shape index (κ1) is 15.4. The number of sulfone groups is 1. The SMILES string of the molecule is Cc1cc(C)c(C(=O)CS(=O)(=O)c2ccccc2)cc1C. The van der Waals surface area contributed by atoms with E-state index in [-0.39, 0.29) is 10.7 Å². The van der Waals surface area contributed by atoms with E-state index >= 15 is 0 Å². The van der Waals surface area contributed by atoms with Crippen molar-refractivity contribution in [2.24, 2.45) is 0 Å². The summed E-state index contributed by atoms with van der Waals surface area (Å²) < 4.78 is 24.5. The summed E-state index contributed by atoms with van der Waals surface area (Å²) in [4.78, 5) is 12.5. The van der Waals surface area contributed by atoms with Crippen LogP contribution in [0.1, 0.15) is 27.0 Å². The van der Waals surface area contributed by atoms with E-state index in [1.165, 1.54) is 12.1 Å². The van der Waals surface area contributed by atoms with Gasteiger partial charge in [-0.3, -0.25) is 4.79 Å². The van der Waals surface area contributed by atoms with Gasteiger partial charge >= 0.3 is 0 Å². The molecule has 0 radical (unpaired) electrons. The molecule has 0 aliphatic rings. The number of hydrogen-bond acceptors (Lipinski definition) is 3. The Hall–Kier alpha value is -1.94. The largest absolute Gasteiger partial charge is 0.293 e. The quantitative estimate of drug-likeness (QED) is 0.815. The molecular weight excluding hydrogens is 284 g/mol. The van der Waals surface area contributed by atoms with Crippen LogP contribution in [-0.4, -0.2) is 20.0 Å². The Bertz CT molecular complexity index is 775. The molecule has 0 aromatic heterocycles. The second kappa shape index (κ2) is 5.82. The molecule has 110 valence electrons. The standard InChI is InChI=1S/C17H18O3S/c1-12-9-14(3)16(10-13(12)2)17(18)11-21(19,20)15-7-5-4-6-8-15/h4-10H,11H2,1-3H3. The van der Waals surface area contributed by atoms with Crippen LogP contribution in [0, 0.1) is 20.8 Å². The van der Waals surface area contributed by atoms with Crippen LogP contribution >= 0.6 is 0 Å². The molecular formula is C17H18O3S. The van der Waals surface area contributed by atoms with Gasteiger partial charge in [-0.1, -0.05) is 24.3 Å². The molecule has 4 heteroatoms. The van der Waals surface area contributed by atoms with E-state index in [9.17, 15) is 13.2 Å². The topological polar surface area (TPSA) is 51.2 Å². The summed E-state index contributed by atoms with van der Waals surface area (Å²) >= 11 is 0. The molecule has 0 spiro atoms. The molecule has 0 saturated heterocycles. The van der Waals surface area contributed by atoms with Crippen molar-refractivity contribution in [1.29, 1.82) is 0 Å². The lowest BCUT2D eigenvalue weighted by Gasteiger charge is -2.09. The van der Waals surface area contributed by atoms with Crippen molar-refractivity contribution in [3.8, 4) is 0 Å². The fourth-order valence-corrected chi connectivity index (χ4v) is 3.46. The lowest BCUT2D eigenvalue weighted by Crippen LogP contribution is -2.17. The van der Waals surface area contributed by atoms with Gasteiger partial charge < -0.3 is 0 Å². The van der Waals surface area contributed by atoms with Crippen molar-refractivity contribution < 1.29 is 13.2 Å². The summed E-state index contributed by atoms with van der Waals surface area (Å²) in [6.45, 7) is 5.71. The molecule has 0 heterocycles. The van der Waals surface area contributed by atoms with Crippen molar-refractivity contribution in [2.75, 3.05) is 5.75 Å². The highest BCUT2D eigenvalue weighted by molar-refractivity contribution is 7.92. The Labute approximate surface area is 125 Å². The average molecular weight is 302 g/mol. The maximum atomic E-state index is 12.3. The van der Waals surface area contributed by atoms with Crippen molar-refractivity contribution in [2.45, 2.75) is 25.7 Å². The molecule has 2 rings (SSSR count). The van der Waals surface area contributed by atoms with Gasteiger partial charge in [0.05, 0.1) is 4.90 Å². The van der Waals surface area contributed by atoms with E-state index in [0.29, 0.717) is 5.56 Å². The molecule has 0 bridgehead atoms. The highest BCUT2D eigenvalue weighted by atomic mass is 32.2. The third-order valence-corrected chi connectivity index (χ3v) is 5.20. The van der Waals surface area contributed by atoms with Gasteiger partial charge in [-0.15, -0.1) is 0 Å². The minimum Gasteiger partial charge on any atom is -0.293 e. The Morgan fingerprint density at radius 2 is 1.48 bits per heavy atom. The van der Waals surface area contributed by atoms with Crippen molar-refractivity contribution >= 4 is 15.6 Å². The van der Waals surface area contributed by atoms with E-state index in [1.807, 2.05) is 26.8 Å². The fourth-order valence-electron chi connectivity index (χ4n) is 2.22.